The van der Waals surface area contributed by atoms with E-state index in [0.29, 0.717) is 17.4 Å². The van der Waals surface area contributed by atoms with Gasteiger partial charge in [0.05, 0.1) is 23.7 Å². The Bertz CT molecular complexity index is 889. The van der Waals surface area contributed by atoms with E-state index in [1.807, 2.05) is 0 Å². The van der Waals surface area contributed by atoms with Gasteiger partial charge in [-0.3, -0.25) is 14.4 Å². The van der Waals surface area contributed by atoms with Crippen LogP contribution in [0.15, 0.2) is 44.8 Å². The second-order valence-electron chi connectivity index (χ2n) is 6.96. The van der Waals surface area contributed by atoms with Crippen LogP contribution in [0.2, 0.25) is 0 Å². The predicted octanol–water partition coefficient (Wildman–Crippen LogP) is 3.50. The quantitative estimate of drug-likeness (QED) is 0.324. The summed E-state index contributed by atoms with van der Waals surface area (Å²) in [6, 6.07) is 6.89. The van der Waals surface area contributed by atoms with Crippen molar-refractivity contribution in [2.75, 3.05) is 6.54 Å². The standard InChI is InChI=1S/C22H29N3O4/c1-2-3-4-5-6-7-8-13-20(26)23-15-21(27)25-24-14-17-16-29-19-12-10-9-11-18(19)22(17)28/h9-12,14,16H,2-8,13,15H2,1H3,(H,23,26)(H,25,27)/b24-14-. The Balaban J connectivity index is 1.66. The minimum absolute atomic E-state index is 0.145. The molecule has 0 spiro atoms. The van der Waals surface area contributed by atoms with Gasteiger partial charge in [0.25, 0.3) is 5.91 Å². The normalized spacial score (nSPS) is 11.1. The molecule has 0 unspecified atom stereocenters. The summed E-state index contributed by atoms with van der Waals surface area (Å²) in [6.45, 7) is 2.03. The molecule has 0 aliphatic heterocycles. The van der Waals surface area contributed by atoms with Crippen molar-refractivity contribution < 1.29 is 14.0 Å². The molecule has 29 heavy (non-hydrogen) atoms. The summed E-state index contributed by atoms with van der Waals surface area (Å²) in [5, 5.41) is 6.78. The average Bonchev–Trinajstić information content (AvgIpc) is 2.73. The van der Waals surface area contributed by atoms with E-state index in [9.17, 15) is 14.4 Å². The lowest BCUT2D eigenvalue weighted by molar-refractivity contribution is -0.126. The molecule has 2 rings (SSSR count). The minimum atomic E-state index is -0.459. The van der Waals surface area contributed by atoms with E-state index in [4.69, 9.17) is 4.42 Å². The summed E-state index contributed by atoms with van der Waals surface area (Å²) in [7, 11) is 0. The minimum Gasteiger partial charge on any atom is -0.463 e. The zero-order valence-electron chi connectivity index (χ0n) is 16.9. The van der Waals surface area contributed by atoms with Crippen molar-refractivity contribution in [1.82, 2.24) is 10.7 Å². The fourth-order valence-corrected chi connectivity index (χ4v) is 2.91. The maximum atomic E-state index is 12.3. The van der Waals surface area contributed by atoms with Crippen LogP contribution >= 0.6 is 0 Å². The SMILES string of the molecule is CCCCCCCCCC(=O)NCC(=O)N/N=C\c1coc2ccccc2c1=O. The second kappa shape index (κ2) is 12.5. The number of fused-ring (bicyclic) bond motifs is 1. The van der Waals surface area contributed by atoms with Crippen molar-refractivity contribution >= 4 is 29.0 Å². The zero-order valence-corrected chi connectivity index (χ0v) is 16.9. The smallest absolute Gasteiger partial charge is 0.259 e. The molecule has 0 atom stereocenters. The van der Waals surface area contributed by atoms with Gasteiger partial charge in [-0.15, -0.1) is 0 Å². The molecule has 2 amide bonds. The highest BCUT2D eigenvalue weighted by Gasteiger charge is 2.06. The molecule has 0 saturated heterocycles. The van der Waals surface area contributed by atoms with Gasteiger partial charge in [0, 0.05) is 6.42 Å². The van der Waals surface area contributed by atoms with Crippen LogP contribution in [0, 0.1) is 0 Å². The van der Waals surface area contributed by atoms with E-state index >= 15 is 0 Å². The molecule has 0 aliphatic carbocycles. The van der Waals surface area contributed by atoms with Crippen molar-refractivity contribution in [2.24, 2.45) is 5.10 Å². The monoisotopic (exact) mass is 399 g/mol. The Kier molecular flexibility index (Phi) is 9.62. The number of hydrazone groups is 1. The van der Waals surface area contributed by atoms with Gasteiger partial charge in [0.1, 0.15) is 11.8 Å². The molecule has 0 fully saturated rings. The summed E-state index contributed by atoms with van der Waals surface area (Å²) in [5.41, 5.74) is 2.78. The van der Waals surface area contributed by atoms with Gasteiger partial charge in [-0.1, -0.05) is 57.6 Å². The first kappa shape index (κ1) is 22.3. The maximum absolute atomic E-state index is 12.3. The molecule has 0 aliphatic rings. The third-order valence-corrected chi connectivity index (χ3v) is 4.55. The Hall–Kier alpha value is -2.96. The lowest BCUT2D eigenvalue weighted by atomic mass is 10.1. The van der Waals surface area contributed by atoms with Crippen molar-refractivity contribution in [1.29, 1.82) is 0 Å². The highest BCUT2D eigenvalue weighted by Crippen LogP contribution is 2.09. The van der Waals surface area contributed by atoms with Gasteiger partial charge in [-0.05, 0) is 18.6 Å². The number of hydrogen-bond acceptors (Lipinski definition) is 5. The molecular formula is C22H29N3O4. The molecule has 156 valence electrons. The van der Waals surface area contributed by atoms with Crippen LogP contribution in [-0.4, -0.2) is 24.6 Å². The number of rotatable bonds is 12. The number of carbonyl (C=O) groups is 2. The highest BCUT2D eigenvalue weighted by atomic mass is 16.3. The van der Waals surface area contributed by atoms with Crippen molar-refractivity contribution in [2.45, 2.75) is 58.3 Å². The van der Waals surface area contributed by atoms with Gasteiger partial charge >= 0.3 is 0 Å². The molecule has 0 bridgehead atoms. The molecule has 0 radical (unpaired) electrons. The van der Waals surface area contributed by atoms with Gasteiger partial charge in [0.15, 0.2) is 0 Å². The van der Waals surface area contributed by atoms with Crippen LogP contribution in [0.1, 0.15) is 63.9 Å². The molecule has 0 saturated carbocycles. The summed E-state index contributed by atoms with van der Waals surface area (Å²) < 4.78 is 5.37. The van der Waals surface area contributed by atoms with Gasteiger partial charge in [-0.25, -0.2) is 5.43 Å². The van der Waals surface area contributed by atoms with Crippen molar-refractivity contribution in [3.8, 4) is 0 Å². The van der Waals surface area contributed by atoms with Crippen LogP contribution in [0.4, 0.5) is 0 Å². The van der Waals surface area contributed by atoms with E-state index in [-0.39, 0.29) is 23.4 Å². The summed E-state index contributed by atoms with van der Waals surface area (Å²) >= 11 is 0. The third kappa shape index (κ3) is 7.89. The van der Waals surface area contributed by atoms with Gasteiger partial charge in [0.2, 0.25) is 11.3 Å². The van der Waals surface area contributed by atoms with Crippen LogP contribution in [0.3, 0.4) is 0 Å². The number of hydrogen-bond donors (Lipinski definition) is 2. The van der Waals surface area contributed by atoms with E-state index in [1.54, 1.807) is 24.3 Å². The molecule has 2 aromatic rings. The Labute approximate surface area is 170 Å². The van der Waals surface area contributed by atoms with Crippen LogP contribution < -0.4 is 16.2 Å². The first-order valence-corrected chi connectivity index (χ1v) is 10.2. The number of amides is 2. The van der Waals surface area contributed by atoms with Gasteiger partial charge < -0.3 is 9.73 Å². The first-order chi connectivity index (χ1) is 14.1. The number of benzene rings is 1. The highest BCUT2D eigenvalue weighted by molar-refractivity contribution is 5.88. The molecule has 7 nitrogen and oxygen atoms in total. The lowest BCUT2D eigenvalue weighted by Crippen LogP contribution is -2.34. The fraction of sp³-hybridized carbons (Fsp3) is 0.455. The Morgan fingerprint density at radius 1 is 1.03 bits per heavy atom. The van der Waals surface area contributed by atoms with E-state index in [1.165, 1.54) is 38.2 Å². The van der Waals surface area contributed by atoms with Crippen LogP contribution in [0.5, 0.6) is 0 Å². The maximum Gasteiger partial charge on any atom is 0.259 e. The number of nitrogens with one attached hydrogen (secondary N) is 2. The predicted molar refractivity (Wildman–Crippen MR) is 114 cm³/mol. The number of unbranched alkanes of at least 4 members (excludes halogenated alkanes) is 6. The Morgan fingerprint density at radius 3 is 2.55 bits per heavy atom. The van der Waals surface area contributed by atoms with E-state index < -0.39 is 5.91 Å². The van der Waals surface area contributed by atoms with E-state index in [0.717, 1.165) is 19.3 Å². The van der Waals surface area contributed by atoms with E-state index in [2.05, 4.69) is 22.8 Å². The summed E-state index contributed by atoms with van der Waals surface area (Å²) in [5.74, 6) is -0.604. The fourth-order valence-electron chi connectivity index (χ4n) is 2.91. The Morgan fingerprint density at radius 2 is 1.76 bits per heavy atom. The molecule has 2 N–H and O–H groups in total. The molecule has 1 aromatic carbocycles. The largest absolute Gasteiger partial charge is 0.463 e. The number of carbonyl (C=O) groups excluding carboxylic acids is 2. The summed E-state index contributed by atoms with van der Waals surface area (Å²) in [6.07, 6.45) is 10.9. The topological polar surface area (TPSA) is 101 Å². The number of nitrogens with zero attached hydrogens (tertiary/aromatic N) is 1. The van der Waals surface area contributed by atoms with Crippen LogP contribution in [-0.2, 0) is 9.59 Å². The zero-order chi connectivity index (χ0) is 20.9. The average molecular weight is 399 g/mol. The third-order valence-electron chi connectivity index (χ3n) is 4.55. The van der Waals surface area contributed by atoms with Crippen LogP contribution in [0.25, 0.3) is 11.0 Å². The molecule has 1 aromatic heterocycles. The summed E-state index contributed by atoms with van der Waals surface area (Å²) in [4.78, 5) is 35.8. The first-order valence-electron chi connectivity index (χ1n) is 10.2. The van der Waals surface area contributed by atoms with Gasteiger partial charge in [-0.2, -0.15) is 5.10 Å². The molecule has 1 heterocycles. The second-order valence-corrected chi connectivity index (χ2v) is 6.96. The molecular weight excluding hydrogens is 370 g/mol. The number of para-hydroxylation sites is 1. The molecule has 7 heteroatoms. The van der Waals surface area contributed by atoms with Crippen molar-refractivity contribution in [3.63, 3.8) is 0 Å². The lowest BCUT2D eigenvalue weighted by Gasteiger charge is -2.04. The van der Waals surface area contributed by atoms with Crippen molar-refractivity contribution in [3.05, 3.63) is 46.3 Å².